The summed E-state index contributed by atoms with van der Waals surface area (Å²) in [6.07, 6.45) is 0. The minimum Gasteiger partial charge on any atom is -0.375 e. The first-order valence-corrected chi connectivity index (χ1v) is 5.73. The van der Waals surface area contributed by atoms with Crippen molar-refractivity contribution in [3.8, 4) is 0 Å². The van der Waals surface area contributed by atoms with Gasteiger partial charge in [-0.05, 0) is 32.0 Å². The van der Waals surface area contributed by atoms with Crippen LogP contribution in [0.5, 0.6) is 0 Å². The van der Waals surface area contributed by atoms with E-state index in [1.54, 1.807) is 18.2 Å². The number of benzene rings is 1. The fourth-order valence-electron chi connectivity index (χ4n) is 1.18. The van der Waals surface area contributed by atoms with E-state index in [-0.39, 0.29) is 18.5 Å². The summed E-state index contributed by atoms with van der Waals surface area (Å²) in [4.78, 5) is 11.4. The fraction of sp³-hybridized carbons (Fsp3) is 0.364. The SMILES string of the molecule is CC(C)NC(=O)CNc1ccc(Cl)cc1Cl. The maximum absolute atomic E-state index is 11.4. The standard InChI is InChI=1S/C11H14Cl2N2O/c1-7(2)15-11(16)6-14-10-4-3-8(12)5-9(10)13/h3-5,7,14H,6H2,1-2H3,(H,15,16). The molecule has 0 unspecified atom stereocenters. The van der Waals surface area contributed by atoms with Crippen LogP contribution in [0, 0.1) is 0 Å². The molecule has 16 heavy (non-hydrogen) atoms. The topological polar surface area (TPSA) is 41.1 Å². The molecule has 1 aromatic carbocycles. The van der Waals surface area contributed by atoms with E-state index in [1.165, 1.54) is 0 Å². The molecule has 0 atom stereocenters. The molecule has 1 aromatic rings. The molecule has 0 aromatic heterocycles. The van der Waals surface area contributed by atoms with Crippen LogP contribution in [0.3, 0.4) is 0 Å². The Bertz CT molecular complexity index is 380. The molecule has 0 aliphatic heterocycles. The van der Waals surface area contributed by atoms with Gasteiger partial charge in [-0.15, -0.1) is 0 Å². The van der Waals surface area contributed by atoms with Crippen LogP contribution >= 0.6 is 23.2 Å². The molecular formula is C11H14Cl2N2O. The molecule has 0 bridgehead atoms. The molecule has 2 N–H and O–H groups in total. The van der Waals surface area contributed by atoms with Crippen LogP contribution in [-0.4, -0.2) is 18.5 Å². The van der Waals surface area contributed by atoms with Gasteiger partial charge in [-0.2, -0.15) is 0 Å². The molecule has 0 spiro atoms. The van der Waals surface area contributed by atoms with Crippen LogP contribution in [0.15, 0.2) is 18.2 Å². The van der Waals surface area contributed by atoms with Gasteiger partial charge < -0.3 is 10.6 Å². The van der Waals surface area contributed by atoms with Crippen molar-refractivity contribution in [1.82, 2.24) is 5.32 Å². The molecule has 0 fully saturated rings. The molecule has 3 nitrogen and oxygen atoms in total. The lowest BCUT2D eigenvalue weighted by Crippen LogP contribution is -2.34. The molecule has 1 rings (SSSR count). The highest BCUT2D eigenvalue weighted by Gasteiger charge is 2.05. The lowest BCUT2D eigenvalue weighted by atomic mass is 10.3. The monoisotopic (exact) mass is 260 g/mol. The lowest BCUT2D eigenvalue weighted by Gasteiger charge is -2.11. The number of amides is 1. The van der Waals surface area contributed by atoms with E-state index in [0.717, 1.165) is 0 Å². The van der Waals surface area contributed by atoms with E-state index in [1.807, 2.05) is 13.8 Å². The van der Waals surface area contributed by atoms with Gasteiger partial charge in [0.2, 0.25) is 5.91 Å². The van der Waals surface area contributed by atoms with Crippen molar-refractivity contribution >= 4 is 34.8 Å². The average molecular weight is 261 g/mol. The van der Waals surface area contributed by atoms with Gasteiger partial charge in [0, 0.05) is 11.1 Å². The number of anilines is 1. The summed E-state index contributed by atoms with van der Waals surface area (Å²) >= 11 is 11.7. The Morgan fingerprint density at radius 3 is 2.62 bits per heavy atom. The summed E-state index contributed by atoms with van der Waals surface area (Å²) in [5.74, 6) is -0.0685. The highest BCUT2D eigenvalue weighted by Crippen LogP contribution is 2.24. The number of halogens is 2. The fourth-order valence-corrected chi connectivity index (χ4v) is 1.66. The summed E-state index contributed by atoms with van der Waals surface area (Å²) in [6, 6.07) is 5.23. The molecule has 0 heterocycles. The highest BCUT2D eigenvalue weighted by atomic mass is 35.5. The first kappa shape index (κ1) is 13.1. The predicted octanol–water partition coefficient (Wildman–Crippen LogP) is 2.93. The maximum atomic E-state index is 11.4. The van der Waals surface area contributed by atoms with Crippen LogP contribution in [0.2, 0.25) is 10.0 Å². The van der Waals surface area contributed by atoms with Crippen molar-refractivity contribution in [3.63, 3.8) is 0 Å². The van der Waals surface area contributed by atoms with E-state index in [4.69, 9.17) is 23.2 Å². The van der Waals surface area contributed by atoms with Crippen molar-refractivity contribution in [1.29, 1.82) is 0 Å². The van der Waals surface area contributed by atoms with E-state index in [0.29, 0.717) is 15.7 Å². The van der Waals surface area contributed by atoms with Crippen LogP contribution < -0.4 is 10.6 Å². The minimum atomic E-state index is -0.0685. The number of rotatable bonds is 4. The van der Waals surface area contributed by atoms with Crippen LogP contribution in [0.4, 0.5) is 5.69 Å². The average Bonchev–Trinajstić information content (AvgIpc) is 2.15. The Kier molecular flexibility index (Phi) is 4.90. The van der Waals surface area contributed by atoms with Crippen LogP contribution in [0.25, 0.3) is 0 Å². The van der Waals surface area contributed by atoms with Gasteiger partial charge in [-0.25, -0.2) is 0 Å². The van der Waals surface area contributed by atoms with Gasteiger partial charge in [0.1, 0.15) is 0 Å². The largest absolute Gasteiger partial charge is 0.375 e. The van der Waals surface area contributed by atoms with Gasteiger partial charge in [0.05, 0.1) is 17.3 Å². The van der Waals surface area contributed by atoms with Gasteiger partial charge in [0.15, 0.2) is 0 Å². The van der Waals surface area contributed by atoms with Gasteiger partial charge in [-0.3, -0.25) is 4.79 Å². The molecule has 0 radical (unpaired) electrons. The normalized spacial score (nSPS) is 10.3. The third-order valence-electron chi connectivity index (χ3n) is 1.82. The number of nitrogens with one attached hydrogen (secondary N) is 2. The molecule has 5 heteroatoms. The molecule has 0 aliphatic rings. The summed E-state index contributed by atoms with van der Waals surface area (Å²) < 4.78 is 0. The van der Waals surface area contributed by atoms with Crippen LogP contribution in [-0.2, 0) is 4.79 Å². The first-order chi connectivity index (χ1) is 7.49. The number of carbonyl (C=O) groups excluding carboxylic acids is 1. The van der Waals surface area contributed by atoms with Gasteiger partial charge in [-0.1, -0.05) is 23.2 Å². The predicted molar refractivity (Wildman–Crippen MR) is 68.2 cm³/mol. The Morgan fingerprint density at radius 1 is 1.38 bits per heavy atom. The number of carbonyl (C=O) groups is 1. The van der Waals surface area contributed by atoms with Gasteiger partial charge >= 0.3 is 0 Å². The zero-order chi connectivity index (χ0) is 12.1. The highest BCUT2D eigenvalue weighted by molar-refractivity contribution is 6.36. The zero-order valence-electron chi connectivity index (χ0n) is 9.18. The summed E-state index contributed by atoms with van der Waals surface area (Å²) in [7, 11) is 0. The Hall–Kier alpha value is -0.930. The summed E-state index contributed by atoms with van der Waals surface area (Å²) in [5.41, 5.74) is 0.699. The van der Waals surface area contributed by atoms with Crippen LogP contribution in [0.1, 0.15) is 13.8 Å². The molecule has 0 aliphatic carbocycles. The zero-order valence-corrected chi connectivity index (χ0v) is 10.7. The Labute approximate surface area is 105 Å². The number of hydrogen-bond donors (Lipinski definition) is 2. The minimum absolute atomic E-state index is 0.0685. The van der Waals surface area contributed by atoms with Crippen molar-refractivity contribution in [3.05, 3.63) is 28.2 Å². The smallest absolute Gasteiger partial charge is 0.239 e. The second kappa shape index (κ2) is 5.97. The molecule has 0 saturated carbocycles. The third-order valence-corrected chi connectivity index (χ3v) is 2.37. The van der Waals surface area contributed by atoms with Crippen molar-refractivity contribution in [2.24, 2.45) is 0 Å². The second-order valence-corrected chi connectivity index (χ2v) is 4.54. The van der Waals surface area contributed by atoms with Crippen molar-refractivity contribution < 1.29 is 4.79 Å². The summed E-state index contributed by atoms with van der Waals surface area (Å²) in [5, 5.41) is 6.79. The molecule has 1 amide bonds. The Balaban J connectivity index is 2.51. The number of hydrogen-bond acceptors (Lipinski definition) is 2. The van der Waals surface area contributed by atoms with Gasteiger partial charge in [0.25, 0.3) is 0 Å². The quantitative estimate of drug-likeness (QED) is 0.874. The molecular weight excluding hydrogens is 247 g/mol. The molecule has 88 valence electrons. The van der Waals surface area contributed by atoms with E-state index < -0.39 is 0 Å². The lowest BCUT2D eigenvalue weighted by molar-refractivity contribution is -0.119. The maximum Gasteiger partial charge on any atom is 0.239 e. The Morgan fingerprint density at radius 2 is 2.06 bits per heavy atom. The second-order valence-electron chi connectivity index (χ2n) is 3.70. The van der Waals surface area contributed by atoms with Crippen molar-refractivity contribution in [2.75, 3.05) is 11.9 Å². The van der Waals surface area contributed by atoms with E-state index >= 15 is 0 Å². The third kappa shape index (κ3) is 4.29. The summed E-state index contributed by atoms with van der Waals surface area (Å²) in [6.45, 7) is 4.01. The molecule has 0 saturated heterocycles. The first-order valence-electron chi connectivity index (χ1n) is 4.97. The van der Waals surface area contributed by atoms with Crippen molar-refractivity contribution in [2.45, 2.75) is 19.9 Å². The van der Waals surface area contributed by atoms with E-state index in [9.17, 15) is 4.79 Å². The van der Waals surface area contributed by atoms with E-state index in [2.05, 4.69) is 10.6 Å².